The van der Waals surface area contributed by atoms with Gasteiger partial charge in [0.1, 0.15) is 11.6 Å². The number of nitrogens with one attached hydrogen (secondary N) is 2. The number of halogens is 7. The highest BCUT2D eigenvalue weighted by Gasteiger charge is 2.37. The van der Waals surface area contributed by atoms with Crippen molar-refractivity contribution in [3.05, 3.63) is 65.0 Å². The van der Waals surface area contributed by atoms with Gasteiger partial charge in [0, 0.05) is 5.56 Å². The SMILES string of the molecule is O=C(COc1cc(C(F)(F)F)cc(C(F)(F)F)c1)NNC(=O)c1ccc(F)cc1. The maximum Gasteiger partial charge on any atom is 0.416 e. The number of ether oxygens (including phenoxy) is 1. The summed E-state index contributed by atoms with van der Waals surface area (Å²) in [4.78, 5) is 23.3. The Bertz CT molecular complexity index is 861. The highest BCUT2D eigenvalue weighted by Crippen LogP contribution is 2.38. The summed E-state index contributed by atoms with van der Waals surface area (Å²) in [7, 11) is 0. The molecule has 0 aromatic heterocycles. The van der Waals surface area contributed by atoms with Gasteiger partial charge < -0.3 is 4.74 Å². The fourth-order valence-electron chi connectivity index (χ4n) is 1.99. The summed E-state index contributed by atoms with van der Waals surface area (Å²) in [5, 5.41) is 0. The Morgan fingerprint density at radius 1 is 0.828 bits per heavy atom. The standard InChI is InChI=1S/C17H11F7N2O3/c18-12-3-1-9(2-4-12)15(28)26-25-14(27)8-29-13-6-10(16(19,20)21)5-11(7-13)17(22,23)24/h1-7H,8H2,(H,25,27)(H,26,28). The topological polar surface area (TPSA) is 67.4 Å². The van der Waals surface area contributed by atoms with Gasteiger partial charge in [0.15, 0.2) is 6.61 Å². The van der Waals surface area contributed by atoms with Gasteiger partial charge in [0.05, 0.1) is 11.1 Å². The summed E-state index contributed by atoms with van der Waals surface area (Å²) in [6.07, 6.45) is -10.1. The van der Waals surface area contributed by atoms with Gasteiger partial charge in [-0.25, -0.2) is 4.39 Å². The van der Waals surface area contributed by atoms with Crippen molar-refractivity contribution in [2.75, 3.05) is 6.61 Å². The Hall–Kier alpha value is -3.31. The first-order valence-corrected chi connectivity index (χ1v) is 7.63. The summed E-state index contributed by atoms with van der Waals surface area (Å²) >= 11 is 0. The van der Waals surface area contributed by atoms with Crippen LogP contribution in [-0.4, -0.2) is 18.4 Å². The minimum atomic E-state index is -5.06. The molecule has 0 unspecified atom stereocenters. The molecule has 156 valence electrons. The first-order chi connectivity index (χ1) is 13.4. The van der Waals surface area contributed by atoms with Gasteiger partial charge in [0.25, 0.3) is 11.8 Å². The van der Waals surface area contributed by atoms with E-state index in [0.717, 1.165) is 24.3 Å². The summed E-state index contributed by atoms with van der Waals surface area (Å²) in [6.45, 7) is -0.984. The summed E-state index contributed by atoms with van der Waals surface area (Å²) in [5.74, 6) is -3.34. The van der Waals surface area contributed by atoms with Crippen molar-refractivity contribution in [2.45, 2.75) is 12.4 Å². The molecule has 2 aromatic rings. The molecule has 0 spiro atoms. The number of hydrogen-bond donors (Lipinski definition) is 2. The average Bonchev–Trinajstić information content (AvgIpc) is 2.63. The van der Waals surface area contributed by atoms with Crippen LogP contribution in [0.15, 0.2) is 42.5 Å². The fourth-order valence-corrected chi connectivity index (χ4v) is 1.99. The Labute approximate surface area is 158 Å². The highest BCUT2D eigenvalue weighted by molar-refractivity contribution is 5.95. The zero-order valence-corrected chi connectivity index (χ0v) is 14.1. The Morgan fingerprint density at radius 3 is 1.83 bits per heavy atom. The Balaban J connectivity index is 2.00. The van der Waals surface area contributed by atoms with E-state index in [0.29, 0.717) is 12.1 Å². The number of carbonyl (C=O) groups excluding carboxylic acids is 2. The predicted molar refractivity (Wildman–Crippen MR) is 83.9 cm³/mol. The largest absolute Gasteiger partial charge is 0.484 e. The molecule has 0 saturated heterocycles. The number of benzene rings is 2. The maximum absolute atomic E-state index is 12.8. The van der Waals surface area contributed by atoms with Gasteiger partial charge in [-0.05, 0) is 42.5 Å². The van der Waals surface area contributed by atoms with E-state index in [1.807, 2.05) is 10.9 Å². The second kappa shape index (κ2) is 8.37. The molecule has 29 heavy (non-hydrogen) atoms. The molecule has 0 fully saturated rings. The minimum Gasteiger partial charge on any atom is -0.484 e. The number of amides is 2. The van der Waals surface area contributed by atoms with Crippen LogP contribution < -0.4 is 15.6 Å². The van der Waals surface area contributed by atoms with E-state index in [9.17, 15) is 40.3 Å². The van der Waals surface area contributed by atoms with Crippen LogP contribution in [0.25, 0.3) is 0 Å². The molecule has 0 aliphatic carbocycles. The van der Waals surface area contributed by atoms with E-state index in [1.54, 1.807) is 0 Å². The molecule has 2 amide bonds. The average molecular weight is 424 g/mol. The minimum absolute atomic E-state index is 0.0136. The van der Waals surface area contributed by atoms with E-state index in [4.69, 9.17) is 0 Å². The third-order valence-corrected chi connectivity index (χ3v) is 3.35. The zero-order valence-electron chi connectivity index (χ0n) is 14.1. The lowest BCUT2D eigenvalue weighted by atomic mass is 10.1. The number of carbonyl (C=O) groups is 2. The van der Waals surface area contributed by atoms with E-state index in [-0.39, 0.29) is 11.6 Å². The molecule has 0 saturated carbocycles. The molecule has 0 heterocycles. The first kappa shape index (κ1) is 22.0. The van der Waals surface area contributed by atoms with Gasteiger partial charge in [0.2, 0.25) is 0 Å². The first-order valence-electron chi connectivity index (χ1n) is 7.63. The quantitative estimate of drug-likeness (QED) is 0.581. The van der Waals surface area contributed by atoms with Gasteiger partial charge >= 0.3 is 12.4 Å². The van der Waals surface area contributed by atoms with E-state index >= 15 is 0 Å². The van der Waals surface area contributed by atoms with Crippen molar-refractivity contribution in [3.8, 4) is 5.75 Å². The van der Waals surface area contributed by atoms with Crippen molar-refractivity contribution >= 4 is 11.8 Å². The maximum atomic E-state index is 12.8. The van der Waals surface area contributed by atoms with Gasteiger partial charge in [-0.3, -0.25) is 20.4 Å². The van der Waals surface area contributed by atoms with Crippen molar-refractivity contribution in [2.24, 2.45) is 0 Å². The van der Waals surface area contributed by atoms with Gasteiger partial charge in [-0.1, -0.05) is 0 Å². The third kappa shape index (κ3) is 6.36. The monoisotopic (exact) mass is 424 g/mol. The molecule has 2 rings (SSSR count). The van der Waals surface area contributed by atoms with Crippen LogP contribution in [-0.2, 0) is 17.1 Å². The van der Waals surface area contributed by atoms with E-state index in [1.165, 1.54) is 0 Å². The molecule has 0 aliphatic heterocycles. The lowest BCUT2D eigenvalue weighted by Gasteiger charge is -2.15. The molecule has 2 aromatic carbocycles. The molecule has 0 radical (unpaired) electrons. The molecule has 0 aliphatic rings. The number of rotatable bonds is 4. The van der Waals surface area contributed by atoms with Crippen molar-refractivity contribution in [1.82, 2.24) is 10.9 Å². The van der Waals surface area contributed by atoms with Crippen LogP contribution in [0.1, 0.15) is 21.5 Å². The van der Waals surface area contributed by atoms with Gasteiger partial charge in [-0.15, -0.1) is 0 Å². The molecular formula is C17H11F7N2O3. The molecule has 0 bridgehead atoms. The van der Waals surface area contributed by atoms with Crippen LogP contribution in [0.2, 0.25) is 0 Å². The molecule has 0 atom stereocenters. The lowest BCUT2D eigenvalue weighted by Crippen LogP contribution is -2.43. The summed E-state index contributed by atoms with van der Waals surface area (Å²) in [5.41, 5.74) is 0.556. The van der Waals surface area contributed by atoms with Crippen LogP contribution in [0, 0.1) is 5.82 Å². The molecule has 5 nitrogen and oxygen atoms in total. The molecular weight excluding hydrogens is 413 g/mol. The fraction of sp³-hybridized carbons (Fsp3) is 0.176. The van der Waals surface area contributed by atoms with Crippen LogP contribution in [0.4, 0.5) is 30.7 Å². The molecule has 2 N–H and O–H groups in total. The number of hydrogen-bond acceptors (Lipinski definition) is 3. The number of alkyl halides is 6. The van der Waals surface area contributed by atoms with E-state index < -0.39 is 53.5 Å². The van der Waals surface area contributed by atoms with Gasteiger partial charge in [-0.2, -0.15) is 26.3 Å². The summed E-state index contributed by atoms with van der Waals surface area (Å²) in [6, 6.07) is 4.75. The van der Waals surface area contributed by atoms with E-state index in [2.05, 4.69) is 4.74 Å². The Kier molecular flexibility index (Phi) is 6.34. The number of hydrazine groups is 1. The Morgan fingerprint density at radius 2 is 1.34 bits per heavy atom. The van der Waals surface area contributed by atoms with Crippen molar-refractivity contribution in [3.63, 3.8) is 0 Å². The molecule has 12 heteroatoms. The second-order valence-electron chi connectivity index (χ2n) is 5.54. The second-order valence-corrected chi connectivity index (χ2v) is 5.54. The van der Waals surface area contributed by atoms with Crippen molar-refractivity contribution in [1.29, 1.82) is 0 Å². The highest BCUT2D eigenvalue weighted by atomic mass is 19.4. The lowest BCUT2D eigenvalue weighted by molar-refractivity contribution is -0.143. The zero-order chi connectivity index (χ0) is 21.8. The third-order valence-electron chi connectivity index (χ3n) is 3.35. The van der Waals surface area contributed by atoms with Crippen LogP contribution >= 0.6 is 0 Å². The van der Waals surface area contributed by atoms with Crippen LogP contribution in [0.3, 0.4) is 0 Å². The smallest absolute Gasteiger partial charge is 0.416 e. The predicted octanol–water partition coefficient (Wildman–Crippen LogP) is 3.70. The summed E-state index contributed by atoms with van der Waals surface area (Å²) < 4.78 is 94.0. The van der Waals surface area contributed by atoms with Crippen LogP contribution in [0.5, 0.6) is 5.75 Å². The normalized spacial score (nSPS) is 11.7. The van der Waals surface area contributed by atoms with Crippen molar-refractivity contribution < 1.29 is 45.1 Å².